The number of aromatic nitrogens is 3. The van der Waals surface area contributed by atoms with Gasteiger partial charge in [0, 0.05) is 12.7 Å². The minimum atomic E-state index is 0.936. The van der Waals surface area contributed by atoms with E-state index in [1.165, 1.54) is 12.0 Å². The molecular weight excluding hydrogens is 224 g/mol. The lowest BCUT2D eigenvalue weighted by molar-refractivity contribution is 0.526. The Bertz CT molecular complexity index is 411. The molecule has 0 aliphatic heterocycles. The summed E-state index contributed by atoms with van der Waals surface area (Å²) in [6, 6.07) is 10.6. The van der Waals surface area contributed by atoms with Crippen LogP contribution in [0.25, 0.3) is 0 Å². The van der Waals surface area contributed by atoms with E-state index in [2.05, 4.69) is 46.0 Å². The first-order valence-electron chi connectivity index (χ1n) is 6.54. The molecule has 18 heavy (non-hydrogen) atoms. The molecule has 0 fully saturated rings. The molecule has 96 valence electrons. The van der Waals surface area contributed by atoms with Crippen molar-refractivity contribution in [2.24, 2.45) is 0 Å². The highest BCUT2D eigenvalue weighted by Crippen LogP contribution is 2.01. The summed E-state index contributed by atoms with van der Waals surface area (Å²) in [5.74, 6) is 0. The van der Waals surface area contributed by atoms with Gasteiger partial charge in [0.25, 0.3) is 0 Å². The van der Waals surface area contributed by atoms with Gasteiger partial charge in [0.05, 0.1) is 6.20 Å². The lowest BCUT2D eigenvalue weighted by Gasteiger charge is -2.05. The largest absolute Gasteiger partial charge is 0.317 e. The Kier molecular flexibility index (Phi) is 5.40. The van der Waals surface area contributed by atoms with Gasteiger partial charge in [0.2, 0.25) is 0 Å². The zero-order chi connectivity index (χ0) is 12.5. The minimum absolute atomic E-state index is 0.936. The van der Waals surface area contributed by atoms with Crippen molar-refractivity contribution in [2.45, 2.75) is 25.8 Å². The summed E-state index contributed by atoms with van der Waals surface area (Å²) in [6.07, 6.45) is 7.04. The standard InChI is InChI=1S/C14H20N4/c1-2-6-14(7-3-1)8-4-9-15-10-5-12-18-13-11-16-17-18/h1-3,6-7,11,13,15H,4-5,8-10,12H2. The highest BCUT2D eigenvalue weighted by molar-refractivity contribution is 5.14. The average molecular weight is 244 g/mol. The molecule has 0 aliphatic carbocycles. The molecule has 0 saturated heterocycles. The molecule has 0 bridgehead atoms. The fourth-order valence-electron chi connectivity index (χ4n) is 1.91. The molecule has 0 aliphatic rings. The number of rotatable bonds is 8. The monoisotopic (exact) mass is 244 g/mol. The van der Waals surface area contributed by atoms with Gasteiger partial charge in [-0.1, -0.05) is 35.5 Å². The molecule has 0 saturated carbocycles. The van der Waals surface area contributed by atoms with Crippen LogP contribution in [-0.2, 0) is 13.0 Å². The third-order valence-corrected chi connectivity index (χ3v) is 2.87. The first-order valence-corrected chi connectivity index (χ1v) is 6.54. The predicted molar refractivity (Wildman–Crippen MR) is 72.3 cm³/mol. The van der Waals surface area contributed by atoms with Gasteiger partial charge < -0.3 is 5.32 Å². The van der Waals surface area contributed by atoms with E-state index in [4.69, 9.17) is 0 Å². The molecule has 1 N–H and O–H groups in total. The summed E-state index contributed by atoms with van der Waals surface area (Å²) < 4.78 is 1.87. The van der Waals surface area contributed by atoms with Crippen molar-refractivity contribution in [3.63, 3.8) is 0 Å². The summed E-state index contributed by atoms with van der Waals surface area (Å²) in [7, 11) is 0. The molecular formula is C14H20N4. The van der Waals surface area contributed by atoms with Gasteiger partial charge in [0.15, 0.2) is 0 Å². The maximum absolute atomic E-state index is 3.93. The zero-order valence-electron chi connectivity index (χ0n) is 10.6. The van der Waals surface area contributed by atoms with Crippen molar-refractivity contribution in [1.29, 1.82) is 0 Å². The summed E-state index contributed by atoms with van der Waals surface area (Å²) in [4.78, 5) is 0. The Morgan fingerprint density at radius 2 is 1.89 bits per heavy atom. The van der Waals surface area contributed by atoms with Crippen LogP contribution in [0.2, 0.25) is 0 Å². The van der Waals surface area contributed by atoms with Crippen LogP contribution < -0.4 is 5.32 Å². The van der Waals surface area contributed by atoms with Crippen LogP contribution in [0.5, 0.6) is 0 Å². The summed E-state index contributed by atoms with van der Waals surface area (Å²) in [5.41, 5.74) is 1.42. The second-order valence-corrected chi connectivity index (χ2v) is 4.36. The number of hydrogen-bond acceptors (Lipinski definition) is 3. The molecule has 2 rings (SSSR count). The van der Waals surface area contributed by atoms with Crippen LogP contribution >= 0.6 is 0 Å². The molecule has 0 spiro atoms. The molecule has 4 heteroatoms. The number of hydrogen-bond donors (Lipinski definition) is 1. The minimum Gasteiger partial charge on any atom is -0.317 e. The fraction of sp³-hybridized carbons (Fsp3) is 0.429. The molecule has 1 aromatic carbocycles. The van der Waals surface area contributed by atoms with Crippen LogP contribution in [0.3, 0.4) is 0 Å². The Morgan fingerprint density at radius 1 is 1.06 bits per heavy atom. The van der Waals surface area contributed by atoms with Crippen LogP contribution in [0.4, 0.5) is 0 Å². The summed E-state index contributed by atoms with van der Waals surface area (Å²) in [5, 5.41) is 11.2. The summed E-state index contributed by atoms with van der Waals surface area (Å²) in [6.45, 7) is 3.05. The first kappa shape index (κ1) is 12.8. The third kappa shape index (κ3) is 4.67. The number of benzene rings is 1. The molecule has 2 aromatic rings. The van der Waals surface area contributed by atoms with Crippen molar-refractivity contribution < 1.29 is 0 Å². The van der Waals surface area contributed by atoms with Crippen LogP contribution in [0.1, 0.15) is 18.4 Å². The topological polar surface area (TPSA) is 42.7 Å². The number of aryl methyl sites for hydroxylation is 2. The molecule has 0 atom stereocenters. The maximum atomic E-state index is 3.93. The Balaban J connectivity index is 1.47. The molecule has 4 nitrogen and oxygen atoms in total. The van der Waals surface area contributed by atoms with E-state index in [9.17, 15) is 0 Å². The number of nitrogens with one attached hydrogen (secondary N) is 1. The molecule has 1 aromatic heterocycles. The average Bonchev–Trinajstić information content (AvgIpc) is 2.92. The third-order valence-electron chi connectivity index (χ3n) is 2.87. The van der Waals surface area contributed by atoms with Crippen molar-refractivity contribution in [3.8, 4) is 0 Å². The van der Waals surface area contributed by atoms with Gasteiger partial charge in [-0.25, -0.2) is 0 Å². The SMILES string of the molecule is c1ccc(CCCNCCCn2ccnn2)cc1. The Hall–Kier alpha value is -1.68. The van der Waals surface area contributed by atoms with Gasteiger partial charge in [-0.05, 0) is 37.9 Å². The van der Waals surface area contributed by atoms with E-state index in [1.54, 1.807) is 6.20 Å². The second-order valence-electron chi connectivity index (χ2n) is 4.36. The van der Waals surface area contributed by atoms with E-state index in [-0.39, 0.29) is 0 Å². The Morgan fingerprint density at radius 3 is 2.67 bits per heavy atom. The quantitative estimate of drug-likeness (QED) is 0.721. The van der Waals surface area contributed by atoms with E-state index >= 15 is 0 Å². The maximum Gasteiger partial charge on any atom is 0.0692 e. The van der Waals surface area contributed by atoms with Gasteiger partial charge in [-0.15, -0.1) is 5.10 Å². The highest BCUT2D eigenvalue weighted by Gasteiger charge is 1.93. The van der Waals surface area contributed by atoms with E-state index in [0.717, 1.165) is 32.5 Å². The van der Waals surface area contributed by atoms with E-state index < -0.39 is 0 Å². The van der Waals surface area contributed by atoms with Crippen LogP contribution in [0.15, 0.2) is 42.7 Å². The highest BCUT2D eigenvalue weighted by atomic mass is 15.4. The number of nitrogens with zero attached hydrogens (tertiary/aromatic N) is 3. The molecule has 1 heterocycles. The fourth-order valence-corrected chi connectivity index (χ4v) is 1.91. The molecule has 0 radical (unpaired) electrons. The predicted octanol–water partition coefficient (Wildman–Crippen LogP) is 1.89. The van der Waals surface area contributed by atoms with E-state index in [1.807, 2.05) is 10.9 Å². The smallest absolute Gasteiger partial charge is 0.0692 e. The van der Waals surface area contributed by atoms with E-state index in [0.29, 0.717) is 0 Å². The zero-order valence-corrected chi connectivity index (χ0v) is 10.6. The van der Waals surface area contributed by atoms with Gasteiger partial charge >= 0.3 is 0 Å². The summed E-state index contributed by atoms with van der Waals surface area (Å²) >= 11 is 0. The Labute approximate surface area is 108 Å². The first-order chi connectivity index (χ1) is 8.95. The molecule has 0 unspecified atom stereocenters. The molecule has 0 amide bonds. The van der Waals surface area contributed by atoms with Gasteiger partial charge in [-0.3, -0.25) is 4.68 Å². The van der Waals surface area contributed by atoms with Crippen LogP contribution in [0, 0.1) is 0 Å². The lowest BCUT2D eigenvalue weighted by atomic mass is 10.1. The lowest BCUT2D eigenvalue weighted by Crippen LogP contribution is -2.18. The second kappa shape index (κ2) is 7.61. The van der Waals surface area contributed by atoms with Crippen molar-refractivity contribution >= 4 is 0 Å². The van der Waals surface area contributed by atoms with Crippen molar-refractivity contribution in [2.75, 3.05) is 13.1 Å². The normalized spacial score (nSPS) is 10.7. The van der Waals surface area contributed by atoms with Crippen molar-refractivity contribution in [1.82, 2.24) is 20.3 Å². The van der Waals surface area contributed by atoms with Crippen LogP contribution in [-0.4, -0.2) is 28.1 Å². The van der Waals surface area contributed by atoms with Crippen molar-refractivity contribution in [3.05, 3.63) is 48.3 Å². The van der Waals surface area contributed by atoms with Gasteiger partial charge in [-0.2, -0.15) is 0 Å². The van der Waals surface area contributed by atoms with Gasteiger partial charge in [0.1, 0.15) is 0 Å².